The number of nitrogens with one attached hydrogen (secondary N) is 4. The number of aliphatic carboxylic acids is 1. The molecule has 3 amide bonds. The highest BCUT2D eigenvalue weighted by atomic mass is 16.4. The molecule has 1 aromatic heterocycles. The topological polar surface area (TPSA) is 244 Å². The third-order valence-corrected chi connectivity index (χ3v) is 4.94. The first-order chi connectivity index (χ1) is 15.9. The fraction of sp³-hybridized carbons (Fsp3) is 0.600. The number of aromatic amines is 1. The van der Waals surface area contributed by atoms with Crippen LogP contribution in [-0.4, -0.2) is 75.4 Å². The van der Waals surface area contributed by atoms with Crippen molar-refractivity contribution in [2.24, 2.45) is 28.1 Å². The molecule has 11 N–H and O–H groups in total. The molecule has 190 valence electrons. The van der Waals surface area contributed by atoms with Crippen molar-refractivity contribution in [2.45, 2.75) is 64.2 Å². The van der Waals surface area contributed by atoms with Crippen LogP contribution in [0.15, 0.2) is 17.5 Å². The Morgan fingerprint density at radius 1 is 1.06 bits per heavy atom. The van der Waals surface area contributed by atoms with Gasteiger partial charge in [0.05, 0.1) is 12.4 Å². The lowest BCUT2D eigenvalue weighted by molar-refractivity contribution is -0.142. The Labute approximate surface area is 197 Å². The van der Waals surface area contributed by atoms with Crippen LogP contribution < -0.4 is 33.2 Å². The smallest absolute Gasteiger partial charge is 0.326 e. The van der Waals surface area contributed by atoms with Gasteiger partial charge in [0.1, 0.15) is 18.1 Å². The van der Waals surface area contributed by atoms with Gasteiger partial charge in [0, 0.05) is 24.9 Å². The minimum Gasteiger partial charge on any atom is -0.480 e. The van der Waals surface area contributed by atoms with Crippen molar-refractivity contribution >= 4 is 29.7 Å². The summed E-state index contributed by atoms with van der Waals surface area (Å²) >= 11 is 0. The fourth-order valence-electron chi connectivity index (χ4n) is 2.83. The molecule has 14 nitrogen and oxygen atoms in total. The molecular weight excluding hydrogens is 446 g/mol. The van der Waals surface area contributed by atoms with Crippen LogP contribution in [0.3, 0.4) is 0 Å². The molecule has 0 saturated carbocycles. The molecule has 0 fully saturated rings. The summed E-state index contributed by atoms with van der Waals surface area (Å²) in [5.41, 5.74) is 16.8. The average Bonchev–Trinajstić information content (AvgIpc) is 3.27. The lowest BCUT2D eigenvalue weighted by atomic mass is 10.0. The molecule has 1 heterocycles. The number of carboxylic acids is 1. The molecule has 34 heavy (non-hydrogen) atoms. The normalized spacial score (nSPS) is 14.4. The number of carbonyl (C=O) groups is 4. The van der Waals surface area contributed by atoms with Gasteiger partial charge < -0.3 is 43.2 Å². The van der Waals surface area contributed by atoms with E-state index in [4.69, 9.17) is 17.2 Å². The Balaban J connectivity index is 2.87. The Kier molecular flexibility index (Phi) is 11.5. The van der Waals surface area contributed by atoms with E-state index in [1.807, 2.05) is 0 Å². The summed E-state index contributed by atoms with van der Waals surface area (Å²) in [7, 11) is 0. The Morgan fingerprint density at radius 3 is 2.24 bits per heavy atom. The second-order valence-corrected chi connectivity index (χ2v) is 8.19. The second kappa shape index (κ2) is 13.8. The van der Waals surface area contributed by atoms with Crippen molar-refractivity contribution in [3.8, 4) is 0 Å². The third-order valence-electron chi connectivity index (χ3n) is 4.94. The SMILES string of the molecule is CC(NC(=O)C(N)C(C)C)C(=O)NC(Cc1cnc[nH]1)C(=O)NC(CCCN=C(N)N)C(=O)O. The monoisotopic (exact) mass is 481 g/mol. The first-order valence-electron chi connectivity index (χ1n) is 10.8. The summed E-state index contributed by atoms with van der Waals surface area (Å²) in [5.74, 6) is -3.34. The minimum atomic E-state index is -1.24. The van der Waals surface area contributed by atoms with Crippen LogP contribution in [0.4, 0.5) is 0 Å². The van der Waals surface area contributed by atoms with Gasteiger partial charge in [-0.1, -0.05) is 13.8 Å². The van der Waals surface area contributed by atoms with E-state index in [-0.39, 0.29) is 31.3 Å². The molecule has 0 aliphatic rings. The number of aliphatic imine (C=N–C) groups is 1. The molecular formula is C20H35N9O5. The number of guanidine groups is 1. The Hall–Kier alpha value is -3.68. The number of imidazole rings is 1. The largest absolute Gasteiger partial charge is 0.480 e. The highest BCUT2D eigenvalue weighted by Gasteiger charge is 2.29. The van der Waals surface area contributed by atoms with Gasteiger partial charge in [-0.15, -0.1) is 0 Å². The number of nitrogens with zero attached hydrogens (tertiary/aromatic N) is 2. The predicted octanol–water partition coefficient (Wildman–Crippen LogP) is -2.45. The fourth-order valence-corrected chi connectivity index (χ4v) is 2.83. The van der Waals surface area contributed by atoms with Crippen LogP contribution in [0.2, 0.25) is 0 Å². The van der Waals surface area contributed by atoms with Crippen molar-refractivity contribution < 1.29 is 24.3 Å². The summed E-state index contributed by atoms with van der Waals surface area (Å²) < 4.78 is 0. The molecule has 0 aliphatic heterocycles. The number of hydrogen-bond acceptors (Lipinski definition) is 7. The molecule has 0 spiro atoms. The maximum absolute atomic E-state index is 12.9. The Morgan fingerprint density at radius 2 is 1.71 bits per heavy atom. The maximum atomic E-state index is 12.9. The van der Waals surface area contributed by atoms with E-state index in [2.05, 4.69) is 30.9 Å². The predicted molar refractivity (Wildman–Crippen MR) is 124 cm³/mol. The van der Waals surface area contributed by atoms with Gasteiger partial charge in [0.2, 0.25) is 17.7 Å². The first-order valence-corrected chi connectivity index (χ1v) is 10.8. The van der Waals surface area contributed by atoms with Crippen molar-refractivity contribution in [2.75, 3.05) is 6.54 Å². The number of rotatable bonds is 14. The van der Waals surface area contributed by atoms with Gasteiger partial charge in [-0.05, 0) is 25.7 Å². The van der Waals surface area contributed by atoms with Crippen molar-refractivity contribution in [3.63, 3.8) is 0 Å². The van der Waals surface area contributed by atoms with Gasteiger partial charge in [-0.3, -0.25) is 19.4 Å². The van der Waals surface area contributed by atoms with E-state index >= 15 is 0 Å². The first kappa shape index (κ1) is 28.4. The molecule has 0 aliphatic carbocycles. The second-order valence-electron chi connectivity index (χ2n) is 8.19. The number of amides is 3. The van der Waals surface area contributed by atoms with E-state index in [9.17, 15) is 24.3 Å². The molecule has 0 aromatic carbocycles. The zero-order valence-corrected chi connectivity index (χ0v) is 19.6. The molecule has 14 heteroatoms. The van der Waals surface area contributed by atoms with Crippen molar-refractivity contribution in [3.05, 3.63) is 18.2 Å². The number of carboxylic acid groups (broad SMARTS) is 1. The van der Waals surface area contributed by atoms with E-state index in [1.165, 1.54) is 19.4 Å². The van der Waals surface area contributed by atoms with E-state index < -0.39 is 47.9 Å². The number of H-pyrrole nitrogens is 1. The van der Waals surface area contributed by atoms with Crippen LogP contribution in [-0.2, 0) is 25.6 Å². The van der Waals surface area contributed by atoms with Crippen LogP contribution in [0.25, 0.3) is 0 Å². The minimum absolute atomic E-state index is 0.0179. The summed E-state index contributed by atoms with van der Waals surface area (Å²) in [5, 5.41) is 17.0. The van der Waals surface area contributed by atoms with Crippen LogP contribution >= 0.6 is 0 Å². The number of hydrogen-bond donors (Lipinski definition) is 8. The van der Waals surface area contributed by atoms with Crippen LogP contribution in [0.1, 0.15) is 39.3 Å². The summed E-state index contributed by atoms with van der Waals surface area (Å²) in [6, 6.07) is -4.13. The highest BCUT2D eigenvalue weighted by Crippen LogP contribution is 2.04. The molecule has 4 atom stereocenters. The van der Waals surface area contributed by atoms with Gasteiger partial charge >= 0.3 is 5.97 Å². The average molecular weight is 482 g/mol. The van der Waals surface area contributed by atoms with E-state index in [1.54, 1.807) is 13.8 Å². The van der Waals surface area contributed by atoms with Crippen LogP contribution in [0.5, 0.6) is 0 Å². The van der Waals surface area contributed by atoms with Gasteiger partial charge in [0.25, 0.3) is 0 Å². The standard InChI is InChI=1S/C20H35N9O5/c1-10(2)15(21)18(32)27-11(3)16(30)29-14(7-12-8-24-9-26-12)17(31)28-13(19(33)34)5-4-6-25-20(22)23/h8-11,13-15H,4-7,21H2,1-3H3,(H,24,26)(H,27,32)(H,28,31)(H,29,30)(H,33,34)(H4,22,23,25). The molecule has 0 saturated heterocycles. The zero-order chi connectivity index (χ0) is 25.8. The molecule has 0 bridgehead atoms. The summed E-state index contributed by atoms with van der Waals surface area (Å²) in [6.45, 7) is 5.20. The number of aromatic nitrogens is 2. The number of carbonyl (C=O) groups excluding carboxylic acids is 3. The van der Waals surface area contributed by atoms with E-state index in [0.717, 1.165) is 0 Å². The lowest BCUT2D eigenvalue weighted by Crippen LogP contribution is -2.57. The van der Waals surface area contributed by atoms with Gasteiger partial charge in [0.15, 0.2) is 5.96 Å². The summed E-state index contributed by atoms with van der Waals surface area (Å²) in [4.78, 5) is 59.9. The third kappa shape index (κ3) is 9.85. The van der Waals surface area contributed by atoms with Crippen LogP contribution in [0, 0.1) is 5.92 Å². The van der Waals surface area contributed by atoms with Crippen molar-refractivity contribution in [1.82, 2.24) is 25.9 Å². The van der Waals surface area contributed by atoms with Crippen molar-refractivity contribution in [1.29, 1.82) is 0 Å². The number of nitrogens with two attached hydrogens (primary N) is 3. The van der Waals surface area contributed by atoms with Gasteiger partial charge in [-0.2, -0.15) is 0 Å². The van der Waals surface area contributed by atoms with E-state index in [0.29, 0.717) is 12.1 Å². The Bertz CT molecular complexity index is 853. The zero-order valence-electron chi connectivity index (χ0n) is 19.6. The molecule has 0 radical (unpaired) electrons. The molecule has 1 rings (SSSR count). The lowest BCUT2D eigenvalue weighted by Gasteiger charge is -2.24. The molecule has 4 unspecified atom stereocenters. The quantitative estimate of drug-likeness (QED) is 0.0797. The highest BCUT2D eigenvalue weighted by molar-refractivity contribution is 5.94. The van der Waals surface area contributed by atoms with Gasteiger partial charge in [-0.25, -0.2) is 9.78 Å². The molecule has 1 aromatic rings. The maximum Gasteiger partial charge on any atom is 0.326 e. The summed E-state index contributed by atoms with van der Waals surface area (Å²) in [6.07, 6.45) is 3.29.